The number of hydrogen-bond acceptors (Lipinski definition) is 5. The number of nitro groups is 1. The Kier molecular flexibility index (Phi) is 4.65. The van der Waals surface area contributed by atoms with Crippen LogP contribution in [0.5, 0.6) is 0 Å². The predicted molar refractivity (Wildman–Crippen MR) is 75.4 cm³/mol. The molecule has 1 saturated heterocycles. The first-order valence-corrected chi connectivity index (χ1v) is 6.57. The lowest BCUT2D eigenvalue weighted by Gasteiger charge is -2.29. The van der Waals surface area contributed by atoms with E-state index in [-0.39, 0.29) is 29.9 Å². The average molecular weight is 278 g/mol. The zero-order valence-electron chi connectivity index (χ0n) is 11.1. The van der Waals surface area contributed by atoms with Crippen molar-refractivity contribution in [1.29, 1.82) is 0 Å². The summed E-state index contributed by atoms with van der Waals surface area (Å²) in [4.78, 5) is 24.3. The smallest absolute Gasteiger partial charge is 0.292 e. The van der Waals surface area contributed by atoms with Gasteiger partial charge in [-0.1, -0.05) is 12.1 Å². The number of carbonyl (C=O) groups is 1. The van der Waals surface area contributed by atoms with Crippen molar-refractivity contribution in [3.63, 3.8) is 0 Å². The number of piperidine rings is 1. The van der Waals surface area contributed by atoms with Crippen LogP contribution in [-0.4, -0.2) is 41.4 Å². The topological polar surface area (TPSA) is 102 Å². The lowest BCUT2D eigenvalue weighted by molar-refractivity contribution is -0.383. The summed E-state index contributed by atoms with van der Waals surface area (Å²) in [6.07, 6.45) is 1.75. The lowest BCUT2D eigenvalue weighted by atomic mass is 10.1. The van der Waals surface area contributed by atoms with Crippen LogP contribution in [0.2, 0.25) is 0 Å². The largest absolute Gasteiger partial charge is 0.328 e. The fourth-order valence-corrected chi connectivity index (χ4v) is 2.24. The molecule has 1 aromatic rings. The van der Waals surface area contributed by atoms with Gasteiger partial charge in [-0.3, -0.25) is 19.8 Å². The van der Waals surface area contributed by atoms with Crippen LogP contribution in [0.1, 0.15) is 12.8 Å². The van der Waals surface area contributed by atoms with Crippen LogP contribution >= 0.6 is 0 Å². The van der Waals surface area contributed by atoms with E-state index in [0.29, 0.717) is 0 Å². The number of anilines is 1. The molecule has 0 radical (unpaired) electrons. The Morgan fingerprint density at radius 3 is 2.70 bits per heavy atom. The number of nitrogens with two attached hydrogens (primary N) is 1. The standard InChI is InChI=1S/C13H18N4O3/c14-10-5-7-16(8-6-10)9-13(18)15-11-3-1-2-4-12(11)17(19)20/h1-4,10H,5-9,14H2,(H,15,18). The molecule has 0 bridgehead atoms. The highest BCUT2D eigenvalue weighted by molar-refractivity contribution is 5.94. The Morgan fingerprint density at radius 1 is 1.40 bits per heavy atom. The first-order valence-electron chi connectivity index (χ1n) is 6.57. The second kappa shape index (κ2) is 6.44. The van der Waals surface area contributed by atoms with E-state index in [1.807, 2.05) is 4.90 Å². The number of benzene rings is 1. The van der Waals surface area contributed by atoms with Crippen molar-refractivity contribution in [3.8, 4) is 0 Å². The van der Waals surface area contributed by atoms with E-state index in [9.17, 15) is 14.9 Å². The molecule has 20 heavy (non-hydrogen) atoms. The highest BCUT2D eigenvalue weighted by atomic mass is 16.6. The molecule has 7 heteroatoms. The third-order valence-electron chi connectivity index (χ3n) is 3.37. The van der Waals surface area contributed by atoms with Crippen LogP contribution in [0, 0.1) is 10.1 Å². The van der Waals surface area contributed by atoms with Gasteiger partial charge in [-0.2, -0.15) is 0 Å². The summed E-state index contributed by atoms with van der Waals surface area (Å²) >= 11 is 0. The van der Waals surface area contributed by atoms with Crippen LogP contribution in [0.25, 0.3) is 0 Å². The fourth-order valence-electron chi connectivity index (χ4n) is 2.24. The highest BCUT2D eigenvalue weighted by Crippen LogP contribution is 2.23. The molecule has 7 nitrogen and oxygen atoms in total. The van der Waals surface area contributed by atoms with Crippen molar-refractivity contribution in [2.45, 2.75) is 18.9 Å². The number of carbonyl (C=O) groups excluding carboxylic acids is 1. The Morgan fingerprint density at radius 2 is 2.05 bits per heavy atom. The van der Waals surface area contributed by atoms with Crippen molar-refractivity contribution in [1.82, 2.24) is 4.90 Å². The molecule has 0 unspecified atom stereocenters. The summed E-state index contributed by atoms with van der Waals surface area (Å²) < 4.78 is 0. The van der Waals surface area contributed by atoms with Crippen molar-refractivity contribution in [2.75, 3.05) is 25.0 Å². The average Bonchev–Trinajstić information content (AvgIpc) is 2.41. The molecular formula is C13H18N4O3. The summed E-state index contributed by atoms with van der Waals surface area (Å²) in [5.41, 5.74) is 5.94. The number of hydrogen-bond donors (Lipinski definition) is 2. The maximum Gasteiger partial charge on any atom is 0.292 e. The molecule has 108 valence electrons. The van der Waals surface area contributed by atoms with Gasteiger partial charge in [0.15, 0.2) is 0 Å². The number of para-hydroxylation sites is 2. The minimum Gasteiger partial charge on any atom is -0.328 e. The van der Waals surface area contributed by atoms with E-state index in [4.69, 9.17) is 5.73 Å². The number of likely N-dealkylation sites (tertiary alicyclic amines) is 1. The van der Waals surface area contributed by atoms with E-state index in [0.717, 1.165) is 25.9 Å². The van der Waals surface area contributed by atoms with Gasteiger partial charge in [0, 0.05) is 25.2 Å². The van der Waals surface area contributed by atoms with Crippen LogP contribution in [0.3, 0.4) is 0 Å². The molecule has 3 N–H and O–H groups in total. The zero-order valence-corrected chi connectivity index (χ0v) is 11.1. The molecule has 0 aromatic heterocycles. The molecule has 0 saturated carbocycles. The SMILES string of the molecule is NC1CCN(CC(=O)Nc2ccccc2[N+](=O)[O-])CC1. The number of nitrogens with zero attached hydrogens (tertiary/aromatic N) is 2. The Bertz CT molecular complexity index is 498. The van der Waals surface area contributed by atoms with Gasteiger partial charge in [0.2, 0.25) is 5.91 Å². The third kappa shape index (κ3) is 3.75. The summed E-state index contributed by atoms with van der Waals surface area (Å²) in [5.74, 6) is -0.241. The van der Waals surface area contributed by atoms with E-state index < -0.39 is 4.92 Å². The van der Waals surface area contributed by atoms with Crippen molar-refractivity contribution in [3.05, 3.63) is 34.4 Å². The van der Waals surface area contributed by atoms with E-state index >= 15 is 0 Å². The van der Waals surface area contributed by atoms with Crippen molar-refractivity contribution >= 4 is 17.3 Å². The van der Waals surface area contributed by atoms with Gasteiger partial charge < -0.3 is 11.1 Å². The van der Waals surface area contributed by atoms with Crippen LogP contribution in [0.15, 0.2) is 24.3 Å². The summed E-state index contributed by atoms with van der Waals surface area (Å²) in [6, 6.07) is 6.34. The number of nitro benzene ring substituents is 1. The Balaban J connectivity index is 1.93. The number of rotatable bonds is 4. The molecule has 1 aliphatic rings. The van der Waals surface area contributed by atoms with Gasteiger partial charge in [0.05, 0.1) is 11.5 Å². The molecule has 1 heterocycles. The Hall–Kier alpha value is -1.99. The maximum absolute atomic E-state index is 11.9. The lowest BCUT2D eigenvalue weighted by Crippen LogP contribution is -2.43. The predicted octanol–water partition coefficient (Wildman–Crippen LogP) is 0.956. The molecule has 1 fully saturated rings. The molecule has 2 rings (SSSR count). The second-order valence-electron chi connectivity index (χ2n) is 4.94. The van der Waals surface area contributed by atoms with E-state index in [2.05, 4.69) is 5.32 Å². The summed E-state index contributed by atoms with van der Waals surface area (Å²) in [7, 11) is 0. The quantitative estimate of drug-likeness (QED) is 0.631. The number of nitrogens with one attached hydrogen (secondary N) is 1. The molecule has 0 aliphatic carbocycles. The van der Waals surface area contributed by atoms with Crippen LogP contribution in [0.4, 0.5) is 11.4 Å². The molecule has 0 spiro atoms. The third-order valence-corrected chi connectivity index (χ3v) is 3.37. The van der Waals surface area contributed by atoms with E-state index in [1.165, 1.54) is 12.1 Å². The fraction of sp³-hybridized carbons (Fsp3) is 0.462. The van der Waals surface area contributed by atoms with Crippen LogP contribution in [-0.2, 0) is 4.79 Å². The van der Waals surface area contributed by atoms with Crippen molar-refractivity contribution < 1.29 is 9.72 Å². The van der Waals surface area contributed by atoms with Gasteiger partial charge >= 0.3 is 0 Å². The second-order valence-corrected chi connectivity index (χ2v) is 4.94. The summed E-state index contributed by atoms with van der Waals surface area (Å²) in [6.45, 7) is 1.80. The van der Waals surface area contributed by atoms with Crippen LogP contribution < -0.4 is 11.1 Å². The van der Waals surface area contributed by atoms with E-state index in [1.54, 1.807) is 12.1 Å². The minimum absolute atomic E-state index is 0.0958. The monoisotopic (exact) mass is 278 g/mol. The van der Waals surface area contributed by atoms with Gasteiger partial charge in [-0.25, -0.2) is 0 Å². The first kappa shape index (κ1) is 14.4. The van der Waals surface area contributed by atoms with Gasteiger partial charge in [0.25, 0.3) is 5.69 Å². The molecule has 1 aromatic carbocycles. The minimum atomic E-state index is -0.504. The maximum atomic E-state index is 11.9. The van der Waals surface area contributed by atoms with Gasteiger partial charge in [0.1, 0.15) is 5.69 Å². The molecule has 0 atom stereocenters. The van der Waals surface area contributed by atoms with Gasteiger partial charge in [-0.05, 0) is 18.9 Å². The summed E-state index contributed by atoms with van der Waals surface area (Å²) in [5, 5.41) is 13.5. The van der Waals surface area contributed by atoms with Crippen molar-refractivity contribution in [2.24, 2.45) is 5.73 Å². The normalized spacial score (nSPS) is 16.9. The van der Waals surface area contributed by atoms with Gasteiger partial charge in [-0.15, -0.1) is 0 Å². The first-order chi connectivity index (χ1) is 9.56. The molecule has 1 aliphatic heterocycles. The molecular weight excluding hydrogens is 260 g/mol. The highest BCUT2D eigenvalue weighted by Gasteiger charge is 2.20. The molecule has 1 amide bonds. The zero-order chi connectivity index (χ0) is 14.5. The number of amides is 1. The Labute approximate surface area is 116 Å².